The molecule has 0 heterocycles. The van der Waals surface area contributed by atoms with E-state index in [0.29, 0.717) is 6.54 Å². The number of amides is 1. The van der Waals surface area contributed by atoms with Crippen molar-refractivity contribution in [2.45, 2.75) is 26.9 Å². The molecule has 0 radical (unpaired) electrons. The monoisotopic (exact) mass is 326 g/mol. The highest BCUT2D eigenvalue weighted by Crippen LogP contribution is 2.17. The first-order chi connectivity index (χ1) is 11.5. The fraction of sp³-hybridized carbons (Fsp3) is 0.350. The summed E-state index contributed by atoms with van der Waals surface area (Å²) in [5, 5.41) is 2.92. The molecular formula is C20H26N2O2. The number of hydrogen-bond acceptors (Lipinski definition) is 3. The summed E-state index contributed by atoms with van der Waals surface area (Å²) in [6, 6.07) is 16.0. The van der Waals surface area contributed by atoms with Gasteiger partial charge in [-0.05, 0) is 56.2 Å². The maximum atomic E-state index is 12.2. The van der Waals surface area contributed by atoms with Gasteiger partial charge in [-0.2, -0.15) is 0 Å². The lowest BCUT2D eigenvalue weighted by Gasteiger charge is -2.20. The van der Waals surface area contributed by atoms with Gasteiger partial charge in [0.15, 0.2) is 6.10 Å². The number of hydrogen-bond donors (Lipinski definition) is 1. The van der Waals surface area contributed by atoms with Gasteiger partial charge in [0.05, 0.1) is 0 Å². The molecule has 128 valence electrons. The predicted octanol–water partition coefficient (Wildman–Crippen LogP) is 3.32. The average Bonchev–Trinajstić information content (AvgIpc) is 2.58. The lowest BCUT2D eigenvalue weighted by molar-refractivity contribution is -0.127. The lowest BCUT2D eigenvalue weighted by Crippen LogP contribution is -2.40. The maximum absolute atomic E-state index is 12.2. The van der Waals surface area contributed by atoms with Crippen molar-refractivity contribution in [1.29, 1.82) is 0 Å². The predicted molar refractivity (Wildman–Crippen MR) is 98.7 cm³/mol. The van der Waals surface area contributed by atoms with Crippen molar-refractivity contribution in [3.63, 3.8) is 0 Å². The van der Waals surface area contributed by atoms with Crippen LogP contribution in [0.5, 0.6) is 5.75 Å². The van der Waals surface area contributed by atoms with E-state index in [4.69, 9.17) is 4.74 Å². The quantitative estimate of drug-likeness (QED) is 0.848. The molecule has 4 nitrogen and oxygen atoms in total. The summed E-state index contributed by atoms with van der Waals surface area (Å²) in [5.74, 6) is 0.622. The van der Waals surface area contributed by atoms with E-state index in [9.17, 15) is 4.79 Å². The molecule has 0 saturated carbocycles. The van der Waals surface area contributed by atoms with Crippen molar-refractivity contribution in [2.75, 3.05) is 25.0 Å². The molecule has 2 aromatic rings. The molecule has 0 fully saturated rings. The molecule has 0 aliphatic carbocycles. The van der Waals surface area contributed by atoms with Crippen molar-refractivity contribution >= 4 is 11.6 Å². The topological polar surface area (TPSA) is 41.6 Å². The van der Waals surface area contributed by atoms with E-state index in [0.717, 1.165) is 23.5 Å². The summed E-state index contributed by atoms with van der Waals surface area (Å²) in [7, 11) is 2.01. The highest BCUT2D eigenvalue weighted by molar-refractivity contribution is 5.80. The molecule has 2 aromatic carbocycles. The highest BCUT2D eigenvalue weighted by atomic mass is 16.5. The zero-order valence-corrected chi connectivity index (χ0v) is 14.9. The number of ether oxygens (including phenoxy) is 1. The van der Waals surface area contributed by atoms with Crippen LogP contribution in [0.25, 0.3) is 0 Å². The number of anilines is 1. The van der Waals surface area contributed by atoms with Crippen LogP contribution in [-0.2, 0) is 4.79 Å². The first-order valence-electron chi connectivity index (χ1n) is 8.25. The van der Waals surface area contributed by atoms with Crippen LogP contribution in [0.15, 0.2) is 48.5 Å². The van der Waals surface area contributed by atoms with Gasteiger partial charge in [0, 0.05) is 25.8 Å². The molecule has 0 saturated heterocycles. The van der Waals surface area contributed by atoms with Crippen LogP contribution in [0.3, 0.4) is 0 Å². The van der Waals surface area contributed by atoms with E-state index >= 15 is 0 Å². The molecule has 0 aliphatic heterocycles. The van der Waals surface area contributed by atoms with E-state index in [1.165, 1.54) is 5.56 Å². The molecule has 0 aliphatic rings. The summed E-state index contributed by atoms with van der Waals surface area (Å²) in [4.78, 5) is 14.3. The Bertz CT molecular complexity index is 671. The van der Waals surface area contributed by atoms with Crippen LogP contribution in [0, 0.1) is 13.8 Å². The summed E-state index contributed by atoms with van der Waals surface area (Å²) >= 11 is 0. The largest absolute Gasteiger partial charge is 0.481 e. The Balaban J connectivity index is 1.78. The average molecular weight is 326 g/mol. The van der Waals surface area contributed by atoms with Gasteiger partial charge in [-0.15, -0.1) is 0 Å². The lowest BCUT2D eigenvalue weighted by atomic mass is 10.1. The number of benzene rings is 2. The van der Waals surface area contributed by atoms with Gasteiger partial charge >= 0.3 is 0 Å². The van der Waals surface area contributed by atoms with Crippen molar-refractivity contribution in [2.24, 2.45) is 0 Å². The van der Waals surface area contributed by atoms with Crippen LogP contribution >= 0.6 is 0 Å². The Morgan fingerprint density at radius 3 is 2.50 bits per heavy atom. The molecule has 24 heavy (non-hydrogen) atoms. The van der Waals surface area contributed by atoms with Gasteiger partial charge in [0.25, 0.3) is 5.91 Å². The minimum atomic E-state index is -0.519. The van der Waals surface area contributed by atoms with Crippen LogP contribution in [0.2, 0.25) is 0 Å². The van der Waals surface area contributed by atoms with Crippen molar-refractivity contribution in [3.8, 4) is 5.75 Å². The molecule has 0 aromatic heterocycles. The third-order valence-corrected chi connectivity index (χ3v) is 4.10. The van der Waals surface area contributed by atoms with E-state index in [1.54, 1.807) is 6.92 Å². The number of carbonyl (C=O) groups excluding carboxylic acids is 1. The second kappa shape index (κ2) is 8.39. The summed E-state index contributed by atoms with van der Waals surface area (Å²) < 4.78 is 5.73. The van der Waals surface area contributed by atoms with Crippen LogP contribution in [0.4, 0.5) is 5.69 Å². The Labute approximate surface area is 144 Å². The van der Waals surface area contributed by atoms with E-state index in [2.05, 4.69) is 17.1 Å². The maximum Gasteiger partial charge on any atom is 0.260 e. The van der Waals surface area contributed by atoms with Crippen molar-refractivity contribution in [3.05, 3.63) is 59.7 Å². The summed E-state index contributed by atoms with van der Waals surface area (Å²) in [6.07, 6.45) is -0.519. The molecule has 1 atom stereocenters. The standard InChI is InChI=1S/C20H26N2O2/c1-15-10-11-19(14-16(15)2)24-17(3)20(23)21-12-13-22(4)18-8-6-5-7-9-18/h5-11,14,17H,12-13H2,1-4H3,(H,21,23)/t17-/m0/s1. The smallest absolute Gasteiger partial charge is 0.260 e. The van der Waals surface area contributed by atoms with Crippen molar-refractivity contribution < 1.29 is 9.53 Å². The van der Waals surface area contributed by atoms with Crippen LogP contribution < -0.4 is 15.0 Å². The number of para-hydroxylation sites is 1. The Kier molecular flexibility index (Phi) is 6.24. The minimum absolute atomic E-state index is 0.102. The third kappa shape index (κ3) is 5.01. The van der Waals surface area contributed by atoms with Gasteiger partial charge < -0.3 is 15.0 Å². The second-order valence-corrected chi connectivity index (χ2v) is 6.05. The molecule has 0 spiro atoms. The fourth-order valence-corrected chi connectivity index (χ4v) is 2.35. The van der Waals surface area contributed by atoms with Crippen LogP contribution in [-0.4, -0.2) is 32.1 Å². The third-order valence-electron chi connectivity index (χ3n) is 4.10. The minimum Gasteiger partial charge on any atom is -0.481 e. The van der Waals surface area contributed by atoms with E-state index < -0.39 is 6.10 Å². The molecule has 2 rings (SSSR count). The molecule has 0 unspecified atom stereocenters. The number of carbonyl (C=O) groups is 1. The fourth-order valence-electron chi connectivity index (χ4n) is 2.35. The zero-order valence-electron chi connectivity index (χ0n) is 14.9. The van der Waals surface area contributed by atoms with E-state index in [1.807, 2.05) is 62.5 Å². The molecule has 0 bridgehead atoms. The number of likely N-dealkylation sites (N-methyl/N-ethyl adjacent to an activating group) is 1. The number of aryl methyl sites for hydroxylation is 2. The molecule has 1 amide bonds. The van der Waals surface area contributed by atoms with Gasteiger partial charge in [0.2, 0.25) is 0 Å². The second-order valence-electron chi connectivity index (χ2n) is 6.05. The zero-order chi connectivity index (χ0) is 17.5. The normalized spacial score (nSPS) is 11.7. The van der Waals surface area contributed by atoms with Crippen LogP contribution in [0.1, 0.15) is 18.1 Å². The number of nitrogens with zero attached hydrogens (tertiary/aromatic N) is 1. The summed E-state index contributed by atoms with van der Waals surface area (Å²) in [5.41, 5.74) is 3.50. The van der Waals surface area contributed by atoms with E-state index in [-0.39, 0.29) is 5.91 Å². The Morgan fingerprint density at radius 2 is 1.83 bits per heavy atom. The van der Waals surface area contributed by atoms with Gasteiger partial charge in [-0.1, -0.05) is 24.3 Å². The van der Waals surface area contributed by atoms with Gasteiger partial charge in [-0.25, -0.2) is 0 Å². The molecule has 1 N–H and O–H groups in total. The number of rotatable bonds is 7. The number of nitrogens with one attached hydrogen (secondary N) is 1. The SMILES string of the molecule is Cc1ccc(O[C@@H](C)C(=O)NCCN(C)c2ccccc2)cc1C. The highest BCUT2D eigenvalue weighted by Gasteiger charge is 2.14. The van der Waals surface area contributed by atoms with Gasteiger partial charge in [-0.3, -0.25) is 4.79 Å². The Morgan fingerprint density at radius 1 is 1.12 bits per heavy atom. The Hall–Kier alpha value is -2.49. The first kappa shape index (κ1) is 17.9. The first-order valence-corrected chi connectivity index (χ1v) is 8.25. The summed E-state index contributed by atoms with van der Waals surface area (Å²) in [6.45, 7) is 7.17. The van der Waals surface area contributed by atoms with Crippen molar-refractivity contribution in [1.82, 2.24) is 5.32 Å². The van der Waals surface area contributed by atoms with Gasteiger partial charge in [0.1, 0.15) is 5.75 Å². The molecule has 4 heteroatoms. The molecular weight excluding hydrogens is 300 g/mol.